The molecule has 0 bridgehead atoms. The lowest BCUT2D eigenvalue weighted by Gasteiger charge is -2.23. The van der Waals surface area contributed by atoms with Gasteiger partial charge in [0.05, 0.1) is 4.90 Å². The van der Waals surface area contributed by atoms with Gasteiger partial charge in [-0.15, -0.1) is 12.4 Å². The normalized spacial score (nSPS) is 17.7. The summed E-state index contributed by atoms with van der Waals surface area (Å²) in [5, 5.41) is 0.519. The zero-order valence-electron chi connectivity index (χ0n) is 11.1. The van der Waals surface area contributed by atoms with Crippen LogP contribution in [0.15, 0.2) is 29.2 Å². The van der Waals surface area contributed by atoms with Crippen molar-refractivity contribution in [2.45, 2.75) is 36.6 Å². The third kappa shape index (κ3) is 4.33. The summed E-state index contributed by atoms with van der Waals surface area (Å²) in [6.07, 6.45) is 4.41. The van der Waals surface area contributed by atoms with E-state index in [1.54, 1.807) is 12.1 Å². The number of nitrogens with one attached hydrogen (secondary N) is 1. The van der Waals surface area contributed by atoms with E-state index in [1.165, 1.54) is 12.1 Å². The van der Waals surface area contributed by atoms with Crippen molar-refractivity contribution in [1.29, 1.82) is 0 Å². The molecule has 0 aromatic heterocycles. The maximum atomic E-state index is 12.3. The van der Waals surface area contributed by atoms with Gasteiger partial charge in [0.1, 0.15) is 0 Å². The maximum Gasteiger partial charge on any atom is 0.240 e. The number of halogens is 2. The number of sulfonamides is 1. The molecule has 0 spiro atoms. The Morgan fingerprint density at radius 3 is 2.30 bits per heavy atom. The van der Waals surface area contributed by atoms with Crippen molar-refractivity contribution in [2.24, 2.45) is 11.7 Å². The highest BCUT2D eigenvalue weighted by Gasteiger charge is 2.28. The standard InChI is InChI=1S/C13H19ClN2O2S.ClH/c14-11-5-7-12(8-6-11)19(17,18)16-13(9-15)10-3-1-2-4-10;/h5-8,10,13,16H,1-4,9,15H2;1H. The van der Waals surface area contributed by atoms with Crippen LogP contribution in [0.2, 0.25) is 5.02 Å². The van der Waals surface area contributed by atoms with Crippen LogP contribution in [-0.2, 0) is 10.0 Å². The molecule has 1 aliphatic rings. The fourth-order valence-electron chi connectivity index (χ4n) is 2.58. The fraction of sp³-hybridized carbons (Fsp3) is 0.538. The van der Waals surface area contributed by atoms with Gasteiger partial charge in [-0.05, 0) is 43.0 Å². The first kappa shape index (κ1) is 17.7. The molecule has 1 aromatic rings. The average molecular weight is 339 g/mol. The summed E-state index contributed by atoms with van der Waals surface area (Å²) in [7, 11) is -3.51. The number of nitrogens with two attached hydrogens (primary N) is 1. The molecule has 0 aliphatic heterocycles. The van der Waals surface area contributed by atoms with Crippen LogP contribution in [-0.4, -0.2) is 21.0 Å². The SMILES string of the molecule is Cl.NCC(NS(=O)(=O)c1ccc(Cl)cc1)C1CCCC1. The first-order chi connectivity index (χ1) is 9.03. The van der Waals surface area contributed by atoms with Crippen LogP contribution in [0, 0.1) is 5.92 Å². The van der Waals surface area contributed by atoms with Crippen molar-refractivity contribution in [3.05, 3.63) is 29.3 Å². The molecule has 0 saturated heterocycles. The van der Waals surface area contributed by atoms with Gasteiger partial charge >= 0.3 is 0 Å². The zero-order chi connectivity index (χ0) is 13.9. The highest BCUT2D eigenvalue weighted by atomic mass is 35.5. The molecule has 1 aromatic carbocycles. The smallest absolute Gasteiger partial charge is 0.240 e. The van der Waals surface area contributed by atoms with Gasteiger partial charge in [-0.1, -0.05) is 24.4 Å². The van der Waals surface area contributed by atoms with E-state index in [-0.39, 0.29) is 23.3 Å². The highest BCUT2D eigenvalue weighted by molar-refractivity contribution is 7.89. The molecule has 0 amide bonds. The lowest BCUT2D eigenvalue weighted by Crippen LogP contribution is -2.44. The van der Waals surface area contributed by atoms with Crippen molar-refractivity contribution >= 4 is 34.0 Å². The molecule has 7 heteroatoms. The van der Waals surface area contributed by atoms with Crippen LogP contribution in [0.25, 0.3) is 0 Å². The summed E-state index contributed by atoms with van der Waals surface area (Å²) in [4.78, 5) is 0.230. The summed E-state index contributed by atoms with van der Waals surface area (Å²) < 4.78 is 27.2. The molecule has 0 heterocycles. The van der Waals surface area contributed by atoms with Gasteiger partial charge in [-0.25, -0.2) is 13.1 Å². The Labute approximate surface area is 131 Å². The molecule has 114 valence electrons. The minimum Gasteiger partial charge on any atom is -0.329 e. The molecule has 1 fully saturated rings. The van der Waals surface area contributed by atoms with Crippen LogP contribution >= 0.6 is 24.0 Å². The van der Waals surface area contributed by atoms with E-state index in [0.29, 0.717) is 17.5 Å². The molecular weight excluding hydrogens is 319 g/mol. The largest absolute Gasteiger partial charge is 0.329 e. The number of benzene rings is 1. The van der Waals surface area contributed by atoms with Crippen molar-refractivity contribution in [3.8, 4) is 0 Å². The lowest BCUT2D eigenvalue weighted by molar-refractivity contribution is 0.405. The summed E-state index contributed by atoms with van der Waals surface area (Å²) in [5.41, 5.74) is 5.71. The van der Waals surface area contributed by atoms with Gasteiger partial charge in [-0.3, -0.25) is 0 Å². The molecule has 20 heavy (non-hydrogen) atoms. The number of rotatable bonds is 5. The summed E-state index contributed by atoms with van der Waals surface area (Å²) in [6.45, 7) is 0.331. The van der Waals surface area contributed by atoms with E-state index < -0.39 is 10.0 Å². The third-order valence-corrected chi connectivity index (χ3v) is 5.41. The Hall–Kier alpha value is -0.330. The van der Waals surface area contributed by atoms with Gasteiger partial charge in [0.25, 0.3) is 0 Å². The second-order valence-corrected chi connectivity index (χ2v) is 7.11. The average Bonchev–Trinajstić information content (AvgIpc) is 2.90. The van der Waals surface area contributed by atoms with Crippen LogP contribution in [0.1, 0.15) is 25.7 Å². The number of hydrogen-bond donors (Lipinski definition) is 2. The monoisotopic (exact) mass is 338 g/mol. The van der Waals surface area contributed by atoms with Gasteiger partial charge in [-0.2, -0.15) is 0 Å². The molecule has 2 rings (SSSR count). The van der Waals surface area contributed by atoms with Crippen LogP contribution in [0.4, 0.5) is 0 Å². The molecule has 4 nitrogen and oxygen atoms in total. The number of hydrogen-bond acceptors (Lipinski definition) is 3. The van der Waals surface area contributed by atoms with E-state index in [2.05, 4.69) is 4.72 Å². The van der Waals surface area contributed by atoms with Crippen molar-refractivity contribution < 1.29 is 8.42 Å². The maximum absolute atomic E-state index is 12.3. The lowest BCUT2D eigenvalue weighted by atomic mass is 9.99. The minimum absolute atomic E-state index is 0. The predicted molar refractivity (Wildman–Crippen MR) is 83.8 cm³/mol. The second-order valence-electron chi connectivity index (χ2n) is 4.96. The van der Waals surface area contributed by atoms with Crippen molar-refractivity contribution in [2.75, 3.05) is 6.54 Å². The zero-order valence-corrected chi connectivity index (χ0v) is 13.5. The van der Waals surface area contributed by atoms with Crippen LogP contribution < -0.4 is 10.5 Å². The first-order valence-electron chi connectivity index (χ1n) is 6.51. The predicted octanol–water partition coefficient (Wildman–Crippen LogP) is 2.56. The molecule has 1 saturated carbocycles. The molecule has 3 N–H and O–H groups in total. The summed E-state index contributed by atoms with van der Waals surface area (Å²) in [5.74, 6) is 0.354. The van der Waals surface area contributed by atoms with E-state index in [1.807, 2.05) is 0 Å². The van der Waals surface area contributed by atoms with Gasteiger partial charge < -0.3 is 5.73 Å². The Morgan fingerprint density at radius 1 is 1.25 bits per heavy atom. The van der Waals surface area contributed by atoms with E-state index in [9.17, 15) is 8.42 Å². The fourth-order valence-corrected chi connectivity index (χ4v) is 4.02. The van der Waals surface area contributed by atoms with Crippen LogP contribution in [0.3, 0.4) is 0 Å². The van der Waals surface area contributed by atoms with E-state index >= 15 is 0 Å². The topological polar surface area (TPSA) is 72.2 Å². The minimum atomic E-state index is -3.51. The quantitative estimate of drug-likeness (QED) is 0.866. The Kier molecular flexibility index (Phi) is 6.75. The van der Waals surface area contributed by atoms with E-state index in [4.69, 9.17) is 17.3 Å². The van der Waals surface area contributed by atoms with Crippen molar-refractivity contribution in [1.82, 2.24) is 4.72 Å². The first-order valence-corrected chi connectivity index (χ1v) is 8.37. The van der Waals surface area contributed by atoms with Gasteiger partial charge in [0.15, 0.2) is 0 Å². The van der Waals surface area contributed by atoms with Gasteiger partial charge in [0.2, 0.25) is 10.0 Å². The van der Waals surface area contributed by atoms with Crippen molar-refractivity contribution in [3.63, 3.8) is 0 Å². The van der Waals surface area contributed by atoms with Crippen LogP contribution in [0.5, 0.6) is 0 Å². The Balaban J connectivity index is 0.00000200. The van der Waals surface area contributed by atoms with E-state index in [0.717, 1.165) is 25.7 Å². The third-order valence-electron chi connectivity index (χ3n) is 3.65. The van der Waals surface area contributed by atoms with Gasteiger partial charge in [0, 0.05) is 17.6 Å². The molecule has 0 radical (unpaired) electrons. The highest BCUT2D eigenvalue weighted by Crippen LogP contribution is 2.28. The summed E-state index contributed by atoms with van der Waals surface area (Å²) in [6, 6.07) is 5.98. The molecule has 1 atom stereocenters. The summed E-state index contributed by atoms with van der Waals surface area (Å²) >= 11 is 5.76. The Morgan fingerprint density at radius 2 is 1.80 bits per heavy atom. The Bertz CT molecular complexity index is 514. The molecular formula is C13H20Cl2N2O2S. The molecule has 1 aliphatic carbocycles. The molecule has 1 unspecified atom stereocenters. The second kappa shape index (κ2) is 7.61.